The number of likely N-dealkylation sites (tertiary alicyclic amines) is 1. The van der Waals surface area contributed by atoms with Gasteiger partial charge in [-0.1, -0.05) is 30.3 Å². The molecule has 0 spiro atoms. The minimum atomic E-state index is 0. The van der Waals surface area contributed by atoms with Crippen LogP contribution in [-0.2, 0) is 13.6 Å². The Labute approximate surface area is 204 Å². The van der Waals surface area contributed by atoms with E-state index in [0.29, 0.717) is 12.6 Å². The number of benzene rings is 1. The first-order valence-corrected chi connectivity index (χ1v) is 11.0. The fraction of sp³-hybridized carbons (Fsp3) is 0.565. The molecule has 2 unspecified atom stereocenters. The number of aromatic nitrogens is 2. The molecule has 0 saturated carbocycles. The molecule has 0 bridgehead atoms. The number of likely N-dealkylation sites (N-methyl/N-ethyl adjacent to an activating group) is 1. The summed E-state index contributed by atoms with van der Waals surface area (Å²) in [7, 11) is 6.14. The number of rotatable bonds is 8. The zero-order valence-corrected chi connectivity index (χ0v) is 21.6. The van der Waals surface area contributed by atoms with Crippen molar-refractivity contribution in [1.82, 2.24) is 30.2 Å². The van der Waals surface area contributed by atoms with Crippen molar-refractivity contribution in [1.29, 1.82) is 0 Å². The Morgan fingerprint density at radius 1 is 1.29 bits per heavy atom. The average molecular weight is 540 g/mol. The largest absolute Gasteiger partial charge is 0.357 e. The summed E-state index contributed by atoms with van der Waals surface area (Å²) in [6, 6.07) is 11.4. The predicted molar refractivity (Wildman–Crippen MR) is 139 cm³/mol. The Kier molecular flexibility index (Phi) is 10.8. The molecule has 3 rings (SSSR count). The van der Waals surface area contributed by atoms with Gasteiger partial charge in [0.25, 0.3) is 0 Å². The van der Waals surface area contributed by atoms with Crippen molar-refractivity contribution in [2.75, 3.05) is 40.3 Å². The second kappa shape index (κ2) is 13.0. The number of hydrogen-bond donors (Lipinski definition) is 2. The van der Waals surface area contributed by atoms with Gasteiger partial charge in [0.15, 0.2) is 5.96 Å². The second-order valence-corrected chi connectivity index (χ2v) is 8.35. The number of guanidine groups is 1. The molecule has 31 heavy (non-hydrogen) atoms. The van der Waals surface area contributed by atoms with Crippen molar-refractivity contribution in [3.63, 3.8) is 0 Å². The monoisotopic (exact) mass is 539 g/mol. The normalized spacial score (nSPS) is 18.5. The Balaban J connectivity index is 0.00000341. The molecule has 7 nitrogen and oxygen atoms in total. The first-order chi connectivity index (χ1) is 14.5. The minimum absolute atomic E-state index is 0. The Morgan fingerprint density at radius 2 is 2.06 bits per heavy atom. The Morgan fingerprint density at radius 3 is 2.71 bits per heavy atom. The van der Waals surface area contributed by atoms with E-state index in [9.17, 15) is 0 Å². The van der Waals surface area contributed by atoms with Crippen LogP contribution >= 0.6 is 24.0 Å². The fourth-order valence-electron chi connectivity index (χ4n) is 4.03. The van der Waals surface area contributed by atoms with Crippen molar-refractivity contribution in [3.8, 4) is 0 Å². The van der Waals surface area contributed by atoms with Gasteiger partial charge >= 0.3 is 0 Å². The summed E-state index contributed by atoms with van der Waals surface area (Å²) in [5.41, 5.74) is 2.57. The minimum Gasteiger partial charge on any atom is -0.357 e. The predicted octanol–water partition coefficient (Wildman–Crippen LogP) is 2.86. The van der Waals surface area contributed by atoms with Gasteiger partial charge in [0.1, 0.15) is 0 Å². The lowest BCUT2D eigenvalue weighted by Gasteiger charge is -2.34. The van der Waals surface area contributed by atoms with Crippen molar-refractivity contribution in [2.45, 2.75) is 38.4 Å². The highest BCUT2D eigenvalue weighted by atomic mass is 127. The lowest BCUT2D eigenvalue weighted by molar-refractivity contribution is 0.192. The van der Waals surface area contributed by atoms with Crippen LogP contribution < -0.4 is 10.6 Å². The summed E-state index contributed by atoms with van der Waals surface area (Å²) in [6.45, 7) is 6.87. The maximum atomic E-state index is 4.92. The van der Waals surface area contributed by atoms with Gasteiger partial charge in [-0.15, -0.1) is 24.0 Å². The van der Waals surface area contributed by atoms with E-state index in [1.165, 1.54) is 24.0 Å². The molecule has 8 heteroatoms. The van der Waals surface area contributed by atoms with E-state index in [0.717, 1.165) is 32.1 Å². The zero-order chi connectivity index (χ0) is 21.3. The van der Waals surface area contributed by atoms with Crippen molar-refractivity contribution < 1.29 is 0 Å². The topological polar surface area (TPSA) is 60.7 Å². The molecule has 0 amide bonds. The lowest BCUT2D eigenvalue weighted by atomic mass is 10.0. The second-order valence-electron chi connectivity index (χ2n) is 8.35. The van der Waals surface area contributed by atoms with Gasteiger partial charge in [0, 0.05) is 44.5 Å². The van der Waals surface area contributed by atoms with Gasteiger partial charge < -0.3 is 15.5 Å². The first kappa shape index (κ1) is 25.6. The summed E-state index contributed by atoms with van der Waals surface area (Å²) in [5, 5.41) is 11.4. The van der Waals surface area contributed by atoms with Gasteiger partial charge in [0.05, 0.1) is 18.8 Å². The molecule has 2 atom stereocenters. The molecule has 1 aromatic heterocycles. The Bertz CT molecular complexity index is 790. The van der Waals surface area contributed by atoms with Crippen LogP contribution in [0, 0.1) is 0 Å². The number of aryl methyl sites for hydroxylation is 1. The smallest absolute Gasteiger partial charge is 0.191 e. The van der Waals surface area contributed by atoms with Crippen LogP contribution in [-0.4, -0.2) is 71.9 Å². The van der Waals surface area contributed by atoms with Crippen molar-refractivity contribution in [2.24, 2.45) is 12.0 Å². The zero-order valence-electron chi connectivity index (χ0n) is 19.3. The van der Waals surface area contributed by atoms with Gasteiger partial charge in [-0.3, -0.25) is 14.6 Å². The molecule has 172 valence electrons. The average Bonchev–Trinajstić information content (AvgIpc) is 3.15. The van der Waals surface area contributed by atoms with E-state index in [1.54, 1.807) is 0 Å². The van der Waals surface area contributed by atoms with E-state index in [4.69, 9.17) is 4.99 Å². The molecule has 0 aliphatic carbocycles. The van der Waals surface area contributed by atoms with Crippen LogP contribution in [0.2, 0.25) is 0 Å². The van der Waals surface area contributed by atoms with Crippen LogP contribution in [0.25, 0.3) is 0 Å². The summed E-state index contributed by atoms with van der Waals surface area (Å²) in [4.78, 5) is 9.66. The molecule has 2 heterocycles. The van der Waals surface area contributed by atoms with Crippen LogP contribution in [0.1, 0.15) is 36.9 Å². The lowest BCUT2D eigenvalue weighted by Crippen LogP contribution is -2.51. The fourth-order valence-corrected chi connectivity index (χ4v) is 4.03. The first-order valence-electron chi connectivity index (χ1n) is 11.0. The number of hydrogen-bond acceptors (Lipinski definition) is 4. The van der Waals surface area contributed by atoms with E-state index in [2.05, 4.69) is 83.1 Å². The van der Waals surface area contributed by atoms with Gasteiger partial charge in [0.2, 0.25) is 0 Å². The number of aliphatic imine (C=N–C) groups is 1. The molecule has 1 aliphatic rings. The highest BCUT2D eigenvalue weighted by molar-refractivity contribution is 14.0. The van der Waals surface area contributed by atoms with Crippen molar-refractivity contribution in [3.05, 3.63) is 53.9 Å². The molecular formula is C23H38IN7. The number of nitrogens with one attached hydrogen (secondary N) is 2. The number of nitrogens with zero attached hydrogens (tertiary/aromatic N) is 5. The molecule has 1 saturated heterocycles. The third kappa shape index (κ3) is 8.08. The van der Waals surface area contributed by atoms with Crippen LogP contribution in [0.4, 0.5) is 0 Å². The maximum absolute atomic E-state index is 4.92. The van der Waals surface area contributed by atoms with Gasteiger partial charge in [-0.05, 0) is 46.0 Å². The van der Waals surface area contributed by atoms with E-state index in [-0.39, 0.29) is 30.0 Å². The highest BCUT2D eigenvalue weighted by Gasteiger charge is 2.21. The van der Waals surface area contributed by atoms with Crippen LogP contribution in [0.5, 0.6) is 0 Å². The number of piperidine rings is 1. The Hall–Kier alpha value is -1.65. The quantitative estimate of drug-likeness (QED) is 0.307. The van der Waals surface area contributed by atoms with Crippen LogP contribution in [0.3, 0.4) is 0 Å². The summed E-state index contributed by atoms with van der Waals surface area (Å²) >= 11 is 0. The summed E-state index contributed by atoms with van der Waals surface area (Å²) < 4.78 is 1.85. The standard InChI is InChI=1S/C23H37N7.HI/c1-5-24-23(25-15-22(28(2)3)20-14-26-29(4)17-20)27-21-12-9-13-30(18-21)16-19-10-7-6-8-11-19;/h6-8,10-11,14,17,21-22H,5,9,12-13,15-16,18H2,1-4H3,(H2,24,25,27);1H. The van der Waals surface area contributed by atoms with Crippen LogP contribution in [0.15, 0.2) is 47.7 Å². The molecule has 1 fully saturated rings. The van der Waals surface area contributed by atoms with E-state index < -0.39 is 0 Å². The maximum Gasteiger partial charge on any atom is 0.191 e. The van der Waals surface area contributed by atoms with E-state index in [1.807, 2.05) is 17.9 Å². The number of halogens is 1. The summed E-state index contributed by atoms with van der Waals surface area (Å²) in [5.74, 6) is 0.903. The molecule has 1 aromatic carbocycles. The van der Waals surface area contributed by atoms with Crippen molar-refractivity contribution >= 4 is 29.9 Å². The third-order valence-corrected chi connectivity index (χ3v) is 5.59. The molecule has 1 aliphatic heterocycles. The third-order valence-electron chi connectivity index (χ3n) is 5.59. The van der Waals surface area contributed by atoms with Gasteiger partial charge in [-0.25, -0.2) is 0 Å². The van der Waals surface area contributed by atoms with E-state index >= 15 is 0 Å². The SMILES string of the molecule is CCNC(=NCC(c1cnn(C)c1)N(C)C)NC1CCCN(Cc2ccccc2)C1.I. The molecular weight excluding hydrogens is 501 g/mol. The summed E-state index contributed by atoms with van der Waals surface area (Å²) in [6.07, 6.45) is 6.39. The highest BCUT2D eigenvalue weighted by Crippen LogP contribution is 2.18. The van der Waals surface area contributed by atoms with Gasteiger partial charge in [-0.2, -0.15) is 5.10 Å². The molecule has 0 radical (unpaired) electrons. The molecule has 2 N–H and O–H groups in total. The molecule has 2 aromatic rings.